The molecule has 0 heterocycles. The number of esters is 1. The minimum absolute atomic E-state index is 0.0413. The molecule has 4 nitrogen and oxygen atoms in total. The number of hydrogen-bond acceptors (Lipinski definition) is 4. The fraction of sp³-hybridized carbons (Fsp3) is 0.577. The van der Waals surface area contributed by atoms with Crippen LogP contribution in [0.3, 0.4) is 0 Å². The summed E-state index contributed by atoms with van der Waals surface area (Å²) in [6, 6.07) is 0. The fourth-order valence-electron chi connectivity index (χ4n) is 7.11. The fourth-order valence-corrected chi connectivity index (χ4v) is 7.11. The molecule has 0 saturated heterocycles. The van der Waals surface area contributed by atoms with Crippen molar-refractivity contribution in [3.8, 4) is 0 Å². The van der Waals surface area contributed by atoms with Crippen molar-refractivity contribution in [2.45, 2.75) is 65.4 Å². The molecule has 4 heteroatoms. The van der Waals surface area contributed by atoms with E-state index >= 15 is 0 Å². The molecule has 0 aliphatic heterocycles. The Morgan fingerprint density at radius 1 is 1.17 bits per heavy atom. The first-order valence-corrected chi connectivity index (χ1v) is 11.1. The third-order valence-electron chi connectivity index (χ3n) is 9.01. The molecule has 0 unspecified atom stereocenters. The van der Waals surface area contributed by atoms with Gasteiger partial charge in [0.05, 0.1) is 0 Å². The molecular weight excluding hydrogens is 376 g/mol. The highest BCUT2D eigenvalue weighted by Gasteiger charge is 2.67. The summed E-state index contributed by atoms with van der Waals surface area (Å²) in [5.74, 6) is 0.359. The molecule has 30 heavy (non-hydrogen) atoms. The second kappa shape index (κ2) is 6.63. The van der Waals surface area contributed by atoms with Gasteiger partial charge in [0.1, 0.15) is 0 Å². The van der Waals surface area contributed by atoms with Gasteiger partial charge in [-0.3, -0.25) is 14.4 Å². The van der Waals surface area contributed by atoms with Crippen LogP contribution in [0.5, 0.6) is 0 Å². The highest BCUT2D eigenvalue weighted by Crippen LogP contribution is 2.67. The summed E-state index contributed by atoms with van der Waals surface area (Å²) in [4.78, 5) is 37.5. The first kappa shape index (κ1) is 21.0. The number of ether oxygens (including phenoxy) is 1. The largest absolute Gasteiger partial charge is 0.450 e. The van der Waals surface area contributed by atoms with E-state index in [9.17, 15) is 14.4 Å². The molecule has 0 spiro atoms. The quantitative estimate of drug-likeness (QED) is 0.492. The lowest BCUT2D eigenvalue weighted by atomic mass is 9.47. The Hall–Kier alpha value is -2.23. The Morgan fingerprint density at radius 3 is 2.47 bits per heavy atom. The standard InChI is InChI=1S/C26H32O4/c1-7-23(29)30-26(17(4)27)13-11-20-19-9-8-18-14-22(28)15(2)16(3)25(18,6)21(19)10-12-24(20,26)5/h8-9,14,19-21H,2-3,7,10-13H2,1,4-6H3/t19-,20-,21-,24-,25-,26-/m0/s1. The van der Waals surface area contributed by atoms with Crippen LogP contribution in [0, 0.1) is 28.6 Å². The third kappa shape index (κ3) is 2.42. The Labute approximate surface area is 179 Å². The van der Waals surface area contributed by atoms with E-state index in [1.165, 1.54) is 0 Å². The van der Waals surface area contributed by atoms with E-state index in [0.717, 1.165) is 30.4 Å². The lowest BCUT2D eigenvalue weighted by molar-refractivity contribution is -0.186. The molecule has 6 atom stereocenters. The predicted octanol–water partition coefficient (Wildman–Crippen LogP) is 4.91. The van der Waals surface area contributed by atoms with Crippen LogP contribution in [0.2, 0.25) is 0 Å². The summed E-state index contributed by atoms with van der Waals surface area (Å²) in [5.41, 5.74) is 0.585. The van der Waals surface area contributed by atoms with Crippen molar-refractivity contribution in [1.82, 2.24) is 0 Å². The summed E-state index contributed by atoms with van der Waals surface area (Å²) in [6.07, 6.45) is 9.41. The molecule has 0 N–H and O–H groups in total. The van der Waals surface area contributed by atoms with Crippen LogP contribution < -0.4 is 0 Å². The Balaban J connectivity index is 1.78. The number of rotatable bonds is 3. The van der Waals surface area contributed by atoms with Gasteiger partial charge in [-0.25, -0.2) is 0 Å². The van der Waals surface area contributed by atoms with E-state index in [1.807, 2.05) is 0 Å². The second-order valence-electron chi connectivity index (χ2n) is 9.98. The average Bonchev–Trinajstić information content (AvgIpc) is 3.01. The topological polar surface area (TPSA) is 60.4 Å². The van der Waals surface area contributed by atoms with Crippen molar-refractivity contribution < 1.29 is 19.1 Å². The monoisotopic (exact) mass is 408 g/mol. The molecule has 4 aliphatic rings. The van der Waals surface area contributed by atoms with Gasteiger partial charge in [0.25, 0.3) is 0 Å². The van der Waals surface area contributed by atoms with Crippen molar-refractivity contribution in [2.24, 2.45) is 28.6 Å². The molecule has 4 rings (SSSR count). The number of carbonyl (C=O) groups is 3. The van der Waals surface area contributed by atoms with Crippen molar-refractivity contribution in [1.29, 1.82) is 0 Å². The summed E-state index contributed by atoms with van der Waals surface area (Å²) >= 11 is 0. The van der Waals surface area contributed by atoms with Gasteiger partial charge in [0.2, 0.25) is 0 Å². The summed E-state index contributed by atoms with van der Waals surface area (Å²) in [6.45, 7) is 16.0. The van der Waals surface area contributed by atoms with E-state index in [-0.39, 0.29) is 47.1 Å². The smallest absolute Gasteiger partial charge is 0.306 e. The van der Waals surface area contributed by atoms with Crippen LogP contribution in [-0.4, -0.2) is 23.1 Å². The van der Waals surface area contributed by atoms with E-state index in [0.29, 0.717) is 12.0 Å². The molecular formula is C26H32O4. The number of hydrogen-bond donors (Lipinski definition) is 0. The third-order valence-corrected chi connectivity index (χ3v) is 9.01. The van der Waals surface area contributed by atoms with Crippen LogP contribution in [0.25, 0.3) is 0 Å². The average molecular weight is 409 g/mol. The van der Waals surface area contributed by atoms with Crippen molar-refractivity contribution in [3.05, 3.63) is 48.1 Å². The molecule has 160 valence electrons. The molecule has 0 radical (unpaired) electrons. The second-order valence-corrected chi connectivity index (χ2v) is 9.98. The highest BCUT2D eigenvalue weighted by molar-refractivity contribution is 6.09. The Kier molecular flexibility index (Phi) is 4.65. The predicted molar refractivity (Wildman–Crippen MR) is 115 cm³/mol. The SMILES string of the molecule is C=C1C(=C)[C@@]2(C)C(=CC1=O)C=C[C@@H]1[C@@H]2CC[C@@]2(C)[C@H]1CC[C@]2(OC(=O)CC)C(C)=O. The highest BCUT2D eigenvalue weighted by atomic mass is 16.6. The van der Waals surface area contributed by atoms with Crippen molar-refractivity contribution in [3.63, 3.8) is 0 Å². The van der Waals surface area contributed by atoms with Gasteiger partial charge >= 0.3 is 5.97 Å². The molecule has 0 amide bonds. The zero-order valence-corrected chi connectivity index (χ0v) is 18.5. The number of allylic oxidation sites excluding steroid dienone is 6. The van der Waals surface area contributed by atoms with Crippen molar-refractivity contribution in [2.75, 3.05) is 0 Å². The van der Waals surface area contributed by atoms with Crippen molar-refractivity contribution >= 4 is 17.5 Å². The first-order valence-electron chi connectivity index (χ1n) is 11.1. The zero-order chi connectivity index (χ0) is 22.1. The Morgan fingerprint density at radius 2 is 1.83 bits per heavy atom. The molecule has 0 aromatic rings. The summed E-state index contributed by atoms with van der Waals surface area (Å²) in [7, 11) is 0. The van der Waals surface area contributed by atoms with Gasteiger partial charge in [-0.2, -0.15) is 0 Å². The molecule has 0 aromatic carbocycles. The maximum absolute atomic E-state index is 12.9. The van der Waals surface area contributed by atoms with Gasteiger partial charge in [0.15, 0.2) is 17.2 Å². The van der Waals surface area contributed by atoms with Gasteiger partial charge in [-0.1, -0.05) is 46.1 Å². The maximum Gasteiger partial charge on any atom is 0.306 e. The first-order chi connectivity index (χ1) is 14.0. The number of fused-ring (bicyclic) bond motifs is 5. The maximum atomic E-state index is 12.9. The zero-order valence-electron chi connectivity index (χ0n) is 18.5. The van der Waals surface area contributed by atoms with Crippen LogP contribution in [0.4, 0.5) is 0 Å². The van der Waals surface area contributed by atoms with Crippen LogP contribution in [-0.2, 0) is 19.1 Å². The van der Waals surface area contributed by atoms with E-state index in [2.05, 4.69) is 39.2 Å². The molecule has 4 aliphatic carbocycles. The summed E-state index contributed by atoms with van der Waals surface area (Å²) in [5, 5.41) is 0. The molecule has 0 aromatic heterocycles. The minimum Gasteiger partial charge on any atom is -0.450 e. The Bertz CT molecular complexity index is 937. The van der Waals surface area contributed by atoms with Crippen LogP contribution in [0.15, 0.2) is 48.1 Å². The van der Waals surface area contributed by atoms with E-state index < -0.39 is 11.0 Å². The molecule has 2 fully saturated rings. The normalized spacial score (nSPS) is 42.2. The summed E-state index contributed by atoms with van der Waals surface area (Å²) < 4.78 is 5.95. The number of ketones is 2. The lowest BCUT2D eigenvalue weighted by Gasteiger charge is -2.57. The number of Topliss-reactive ketones (excluding diaryl/α,β-unsaturated/α-hetero) is 1. The molecule has 0 bridgehead atoms. The van der Waals surface area contributed by atoms with Gasteiger partial charge < -0.3 is 4.74 Å². The van der Waals surface area contributed by atoms with Gasteiger partial charge in [-0.05, 0) is 67.6 Å². The van der Waals surface area contributed by atoms with Gasteiger partial charge in [0, 0.05) is 22.8 Å². The molecule has 2 saturated carbocycles. The van der Waals surface area contributed by atoms with Crippen LogP contribution >= 0.6 is 0 Å². The minimum atomic E-state index is -1.04. The van der Waals surface area contributed by atoms with Crippen LogP contribution in [0.1, 0.15) is 59.8 Å². The van der Waals surface area contributed by atoms with E-state index in [4.69, 9.17) is 4.74 Å². The van der Waals surface area contributed by atoms with E-state index in [1.54, 1.807) is 19.9 Å². The number of carbonyl (C=O) groups excluding carboxylic acids is 3. The van der Waals surface area contributed by atoms with Gasteiger partial charge in [-0.15, -0.1) is 0 Å². The lowest BCUT2D eigenvalue weighted by Crippen LogP contribution is -2.58.